The van der Waals surface area contributed by atoms with Gasteiger partial charge in [-0.25, -0.2) is 0 Å². The van der Waals surface area contributed by atoms with E-state index in [1.807, 2.05) is 0 Å². The average Bonchev–Trinajstić information content (AvgIpc) is 2.90. The first kappa shape index (κ1) is 14.5. The molecule has 1 fully saturated rings. The number of nitrogens with zero attached hydrogens (tertiary/aromatic N) is 1. The van der Waals surface area contributed by atoms with E-state index in [-0.39, 0.29) is 23.8 Å². The van der Waals surface area contributed by atoms with E-state index in [4.69, 9.17) is 5.73 Å². The molecule has 0 saturated carbocycles. The first-order valence-electron chi connectivity index (χ1n) is 6.36. The van der Waals surface area contributed by atoms with Crippen LogP contribution in [0.2, 0.25) is 0 Å². The number of halogens is 3. The fourth-order valence-electron chi connectivity index (χ4n) is 2.17. The Labute approximate surface area is 114 Å². The third kappa shape index (κ3) is 3.34. The minimum atomic E-state index is -4.50. The molecule has 0 unspecified atom stereocenters. The summed E-state index contributed by atoms with van der Waals surface area (Å²) in [6.45, 7) is 1.42. The molecule has 0 aromatic heterocycles. The lowest BCUT2D eigenvalue weighted by Gasteiger charge is -2.17. The number of anilines is 2. The van der Waals surface area contributed by atoms with Crippen LogP contribution in [0.4, 0.5) is 24.5 Å². The predicted octanol–water partition coefficient (Wildman–Crippen LogP) is 2.32. The van der Waals surface area contributed by atoms with E-state index >= 15 is 0 Å². The number of nitrogens with one attached hydrogen (secondary N) is 1. The fourth-order valence-corrected chi connectivity index (χ4v) is 2.17. The Balaban J connectivity index is 2.01. The molecule has 1 aromatic carbocycles. The first-order chi connectivity index (χ1) is 9.38. The second-order valence-electron chi connectivity index (χ2n) is 4.74. The van der Waals surface area contributed by atoms with Gasteiger partial charge in [-0.05, 0) is 31.0 Å². The number of carbonyl (C=O) groups excluding carboxylic acids is 1. The molecule has 1 aliphatic heterocycles. The highest BCUT2D eigenvalue weighted by Crippen LogP contribution is 2.35. The number of likely N-dealkylation sites (tertiary alicyclic amines) is 1. The summed E-state index contributed by atoms with van der Waals surface area (Å²) in [6.07, 6.45) is -2.54. The van der Waals surface area contributed by atoms with Crippen molar-refractivity contribution >= 4 is 17.3 Å². The quantitative estimate of drug-likeness (QED) is 0.839. The number of nitrogens with two attached hydrogens (primary N) is 1. The molecule has 110 valence electrons. The highest BCUT2D eigenvalue weighted by atomic mass is 19.4. The maximum Gasteiger partial charge on any atom is 0.418 e. The number of benzene rings is 1. The van der Waals surface area contributed by atoms with Crippen molar-refractivity contribution in [2.45, 2.75) is 19.0 Å². The second-order valence-corrected chi connectivity index (χ2v) is 4.74. The van der Waals surface area contributed by atoms with E-state index in [0.717, 1.165) is 32.0 Å². The van der Waals surface area contributed by atoms with Crippen molar-refractivity contribution in [2.24, 2.45) is 0 Å². The Morgan fingerprint density at radius 3 is 2.55 bits per heavy atom. The van der Waals surface area contributed by atoms with Gasteiger partial charge >= 0.3 is 6.18 Å². The number of alkyl halides is 3. The Kier molecular flexibility index (Phi) is 4.06. The van der Waals surface area contributed by atoms with Crippen molar-refractivity contribution in [1.82, 2.24) is 4.90 Å². The summed E-state index contributed by atoms with van der Waals surface area (Å²) < 4.78 is 38.1. The molecule has 1 aromatic rings. The maximum absolute atomic E-state index is 12.7. The van der Waals surface area contributed by atoms with Gasteiger partial charge in [-0.2, -0.15) is 13.2 Å². The van der Waals surface area contributed by atoms with E-state index in [1.165, 1.54) is 12.1 Å². The van der Waals surface area contributed by atoms with E-state index in [9.17, 15) is 18.0 Å². The molecule has 2 rings (SSSR count). The zero-order chi connectivity index (χ0) is 14.8. The van der Waals surface area contributed by atoms with Gasteiger partial charge in [0.1, 0.15) is 0 Å². The molecule has 0 radical (unpaired) electrons. The van der Waals surface area contributed by atoms with Crippen molar-refractivity contribution in [3.8, 4) is 0 Å². The molecule has 1 amide bonds. The second kappa shape index (κ2) is 5.60. The van der Waals surface area contributed by atoms with Gasteiger partial charge in [0, 0.05) is 24.5 Å². The molecule has 0 atom stereocenters. The number of nitrogen functional groups attached to an aromatic ring is 1. The zero-order valence-corrected chi connectivity index (χ0v) is 10.8. The van der Waals surface area contributed by atoms with Crippen molar-refractivity contribution in [1.29, 1.82) is 0 Å². The summed E-state index contributed by atoms with van der Waals surface area (Å²) in [7, 11) is 0. The van der Waals surface area contributed by atoms with Gasteiger partial charge < -0.3 is 16.0 Å². The third-order valence-corrected chi connectivity index (χ3v) is 3.26. The minimum Gasteiger partial charge on any atom is -0.398 e. The van der Waals surface area contributed by atoms with Crippen LogP contribution >= 0.6 is 0 Å². The van der Waals surface area contributed by atoms with Crippen LogP contribution < -0.4 is 11.1 Å². The average molecular weight is 287 g/mol. The van der Waals surface area contributed by atoms with Crippen LogP contribution in [-0.2, 0) is 11.0 Å². The van der Waals surface area contributed by atoms with Gasteiger partial charge in [0.15, 0.2) is 0 Å². The van der Waals surface area contributed by atoms with Gasteiger partial charge in [-0.3, -0.25) is 4.79 Å². The molecule has 1 aliphatic rings. The Bertz CT molecular complexity index is 496. The van der Waals surface area contributed by atoms with Crippen LogP contribution in [0, 0.1) is 0 Å². The Hall–Kier alpha value is -1.92. The molecule has 3 N–H and O–H groups in total. The van der Waals surface area contributed by atoms with Crippen molar-refractivity contribution < 1.29 is 18.0 Å². The summed E-state index contributed by atoms with van der Waals surface area (Å²) in [5.74, 6) is -0.104. The van der Waals surface area contributed by atoms with Crippen LogP contribution in [0.5, 0.6) is 0 Å². The molecule has 1 saturated heterocycles. The smallest absolute Gasteiger partial charge is 0.398 e. The maximum atomic E-state index is 12.7. The monoisotopic (exact) mass is 287 g/mol. The van der Waals surface area contributed by atoms with Gasteiger partial charge in [-0.15, -0.1) is 0 Å². The molecule has 1 heterocycles. The van der Waals surface area contributed by atoms with Crippen molar-refractivity contribution in [3.05, 3.63) is 23.8 Å². The predicted molar refractivity (Wildman–Crippen MR) is 70.2 cm³/mol. The van der Waals surface area contributed by atoms with Crippen LogP contribution in [0.15, 0.2) is 18.2 Å². The topological polar surface area (TPSA) is 58.4 Å². The van der Waals surface area contributed by atoms with E-state index < -0.39 is 11.7 Å². The normalized spacial score (nSPS) is 15.4. The fraction of sp³-hybridized carbons (Fsp3) is 0.462. The summed E-state index contributed by atoms with van der Waals surface area (Å²) in [6, 6.07) is 3.54. The van der Waals surface area contributed by atoms with Gasteiger partial charge in [0.05, 0.1) is 12.1 Å². The van der Waals surface area contributed by atoms with Gasteiger partial charge in [-0.1, -0.05) is 0 Å². The molecule has 20 heavy (non-hydrogen) atoms. The van der Waals surface area contributed by atoms with Crippen molar-refractivity contribution in [2.75, 3.05) is 30.7 Å². The van der Waals surface area contributed by atoms with Crippen LogP contribution in [0.1, 0.15) is 18.4 Å². The molecular weight excluding hydrogens is 271 g/mol. The van der Waals surface area contributed by atoms with Crippen LogP contribution in [0.3, 0.4) is 0 Å². The zero-order valence-electron chi connectivity index (χ0n) is 10.8. The van der Waals surface area contributed by atoms with E-state index in [0.29, 0.717) is 0 Å². The SMILES string of the molecule is Nc1ccc(NCC(=O)N2CCCC2)cc1C(F)(F)F. The number of hydrogen-bond acceptors (Lipinski definition) is 3. The highest BCUT2D eigenvalue weighted by molar-refractivity contribution is 5.81. The molecular formula is C13H16F3N3O. The lowest BCUT2D eigenvalue weighted by atomic mass is 10.1. The van der Waals surface area contributed by atoms with Gasteiger partial charge in [0.25, 0.3) is 0 Å². The first-order valence-corrected chi connectivity index (χ1v) is 6.36. The lowest BCUT2D eigenvalue weighted by Crippen LogP contribution is -2.33. The lowest BCUT2D eigenvalue weighted by molar-refractivity contribution is -0.136. The minimum absolute atomic E-state index is 0.0127. The summed E-state index contributed by atoms with van der Waals surface area (Å²) >= 11 is 0. The molecule has 4 nitrogen and oxygen atoms in total. The third-order valence-electron chi connectivity index (χ3n) is 3.26. The van der Waals surface area contributed by atoms with Gasteiger partial charge in [0.2, 0.25) is 5.91 Å². The summed E-state index contributed by atoms with van der Waals surface area (Å²) in [5, 5.41) is 2.71. The highest BCUT2D eigenvalue weighted by Gasteiger charge is 2.33. The van der Waals surface area contributed by atoms with E-state index in [1.54, 1.807) is 4.90 Å². The Morgan fingerprint density at radius 1 is 1.30 bits per heavy atom. The molecule has 0 bridgehead atoms. The number of rotatable bonds is 3. The standard InChI is InChI=1S/C13H16F3N3O/c14-13(15,16)10-7-9(3-4-11(10)17)18-8-12(20)19-5-1-2-6-19/h3-4,7,18H,1-2,5-6,8,17H2. The van der Waals surface area contributed by atoms with E-state index in [2.05, 4.69) is 5.32 Å². The van der Waals surface area contributed by atoms with Crippen LogP contribution in [0.25, 0.3) is 0 Å². The molecule has 7 heteroatoms. The number of hydrogen-bond donors (Lipinski definition) is 2. The summed E-state index contributed by atoms with van der Waals surface area (Å²) in [4.78, 5) is 13.5. The largest absolute Gasteiger partial charge is 0.418 e. The van der Waals surface area contributed by atoms with Crippen LogP contribution in [-0.4, -0.2) is 30.4 Å². The Morgan fingerprint density at radius 2 is 1.95 bits per heavy atom. The number of carbonyl (C=O) groups is 1. The summed E-state index contributed by atoms with van der Waals surface area (Å²) in [5.41, 5.74) is 4.33. The number of amides is 1. The molecule has 0 aliphatic carbocycles. The molecule has 0 spiro atoms. The van der Waals surface area contributed by atoms with Crippen molar-refractivity contribution in [3.63, 3.8) is 0 Å².